The monoisotopic (exact) mass is 454 g/mol. The van der Waals surface area contributed by atoms with Crippen molar-refractivity contribution in [1.82, 2.24) is 15.1 Å². The molecular weight excluding hydrogens is 420 g/mol. The number of carbonyl (C=O) groups excluding carboxylic acids is 1. The van der Waals surface area contributed by atoms with E-state index in [1.165, 1.54) is 11.1 Å². The molecule has 1 unspecified atom stereocenters. The molecule has 1 atom stereocenters. The molecule has 5 rings (SSSR count). The number of aryl methyl sites for hydroxylation is 1. The first-order valence-electron chi connectivity index (χ1n) is 12.6. The van der Waals surface area contributed by atoms with Gasteiger partial charge < -0.3 is 9.80 Å². The van der Waals surface area contributed by atoms with Crippen molar-refractivity contribution < 1.29 is 4.79 Å². The third-order valence-electron chi connectivity index (χ3n) is 7.46. The van der Waals surface area contributed by atoms with Crippen LogP contribution in [-0.4, -0.2) is 47.2 Å². The number of anilines is 1. The molecule has 0 saturated carbocycles. The van der Waals surface area contributed by atoms with Crippen molar-refractivity contribution in [3.05, 3.63) is 77.9 Å². The van der Waals surface area contributed by atoms with Crippen molar-refractivity contribution in [2.75, 3.05) is 31.1 Å². The summed E-state index contributed by atoms with van der Waals surface area (Å²) in [4.78, 5) is 17.7. The minimum Gasteiger partial charge on any atom is -0.354 e. The Morgan fingerprint density at radius 3 is 2.38 bits per heavy atom. The quantitative estimate of drug-likeness (QED) is 0.535. The molecule has 5 heteroatoms. The van der Waals surface area contributed by atoms with E-state index < -0.39 is 0 Å². The Morgan fingerprint density at radius 2 is 1.65 bits per heavy atom. The average molecular weight is 455 g/mol. The Labute approximate surface area is 202 Å². The first-order valence-corrected chi connectivity index (χ1v) is 12.6. The van der Waals surface area contributed by atoms with Crippen LogP contribution in [0.25, 0.3) is 11.3 Å². The first-order chi connectivity index (χ1) is 16.7. The van der Waals surface area contributed by atoms with Gasteiger partial charge in [0, 0.05) is 31.7 Å². The predicted molar refractivity (Wildman–Crippen MR) is 137 cm³/mol. The number of nitrogens with zero attached hydrogens (tertiary/aromatic N) is 4. The fourth-order valence-electron chi connectivity index (χ4n) is 5.45. The average Bonchev–Trinajstić information content (AvgIpc) is 2.90. The van der Waals surface area contributed by atoms with Crippen molar-refractivity contribution >= 4 is 11.7 Å². The molecule has 5 nitrogen and oxygen atoms in total. The van der Waals surface area contributed by atoms with Gasteiger partial charge in [-0.15, -0.1) is 10.2 Å². The molecular formula is C29H34N4O. The van der Waals surface area contributed by atoms with Crippen LogP contribution < -0.4 is 4.90 Å². The van der Waals surface area contributed by atoms with Gasteiger partial charge in [-0.25, -0.2) is 0 Å². The van der Waals surface area contributed by atoms with Crippen LogP contribution in [0, 0.1) is 18.8 Å². The molecule has 176 valence electrons. The molecule has 1 amide bonds. The van der Waals surface area contributed by atoms with E-state index in [4.69, 9.17) is 0 Å². The van der Waals surface area contributed by atoms with E-state index in [0.717, 1.165) is 75.4 Å². The lowest BCUT2D eigenvalue weighted by Gasteiger charge is -2.38. The van der Waals surface area contributed by atoms with Crippen LogP contribution in [0.4, 0.5) is 5.82 Å². The van der Waals surface area contributed by atoms with Gasteiger partial charge in [-0.1, -0.05) is 54.6 Å². The highest BCUT2D eigenvalue weighted by Crippen LogP contribution is 2.28. The van der Waals surface area contributed by atoms with E-state index in [1.807, 2.05) is 18.2 Å². The van der Waals surface area contributed by atoms with Crippen LogP contribution in [0.15, 0.2) is 66.7 Å². The molecule has 0 bridgehead atoms. The summed E-state index contributed by atoms with van der Waals surface area (Å²) in [6, 6.07) is 23.1. The van der Waals surface area contributed by atoms with Gasteiger partial charge in [-0.05, 0) is 68.2 Å². The molecule has 34 heavy (non-hydrogen) atoms. The van der Waals surface area contributed by atoms with E-state index in [1.54, 1.807) is 0 Å². The Morgan fingerprint density at radius 1 is 0.882 bits per heavy atom. The summed E-state index contributed by atoms with van der Waals surface area (Å²) in [6.45, 7) is 5.54. The predicted octanol–water partition coefficient (Wildman–Crippen LogP) is 5.15. The summed E-state index contributed by atoms with van der Waals surface area (Å²) in [7, 11) is 0. The molecule has 2 saturated heterocycles. The van der Waals surface area contributed by atoms with Gasteiger partial charge in [0.05, 0.1) is 11.6 Å². The van der Waals surface area contributed by atoms with Gasteiger partial charge in [-0.3, -0.25) is 4.79 Å². The summed E-state index contributed by atoms with van der Waals surface area (Å²) in [6.07, 6.45) is 5.30. The number of aromatic nitrogens is 2. The third kappa shape index (κ3) is 5.14. The van der Waals surface area contributed by atoms with Crippen molar-refractivity contribution in [2.24, 2.45) is 11.8 Å². The molecule has 2 aliphatic heterocycles. The van der Waals surface area contributed by atoms with Crippen molar-refractivity contribution in [1.29, 1.82) is 0 Å². The Balaban J connectivity index is 1.17. The molecule has 2 aliphatic rings. The summed E-state index contributed by atoms with van der Waals surface area (Å²) >= 11 is 0. The Hall–Kier alpha value is -3.21. The standard InChI is InChI=1S/C29H34N4O/c1-22-8-5-6-12-26(22)27-13-14-28(31-30-27)33-17-7-11-25(21-33)29(34)32-18-15-24(16-19-32)20-23-9-3-2-4-10-23/h2-6,8-10,12-14,24-25H,7,11,15-21H2,1H3. The fourth-order valence-corrected chi connectivity index (χ4v) is 5.45. The van der Waals surface area contributed by atoms with Crippen LogP contribution in [0.2, 0.25) is 0 Å². The van der Waals surface area contributed by atoms with E-state index in [0.29, 0.717) is 11.8 Å². The van der Waals surface area contributed by atoms with Crippen LogP contribution in [0.3, 0.4) is 0 Å². The highest BCUT2D eigenvalue weighted by Gasteiger charge is 2.32. The SMILES string of the molecule is Cc1ccccc1-c1ccc(N2CCCC(C(=O)N3CCC(Cc4ccccc4)CC3)C2)nn1. The van der Waals surface area contributed by atoms with Gasteiger partial charge in [-0.2, -0.15) is 0 Å². The number of carbonyl (C=O) groups is 1. The molecule has 2 fully saturated rings. The van der Waals surface area contributed by atoms with E-state index in [-0.39, 0.29) is 5.92 Å². The summed E-state index contributed by atoms with van der Waals surface area (Å²) in [5, 5.41) is 9.03. The van der Waals surface area contributed by atoms with Crippen molar-refractivity contribution in [2.45, 2.75) is 39.0 Å². The van der Waals surface area contributed by atoms with Crippen LogP contribution in [-0.2, 0) is 11.2 Å². The maximum atomic E-state index is 13.3. The number of benzene rings is 2. The smallest absolute Gasteiger partial charge is 0.227 e. The lowest BCUT2D eigenvalue weighted by molar-refractivity contribution is -0.137. The maximum Gasteiger partial charge on any atom is 0.227 e. The number of amides is 1. The topological polar surface area (TPSA) is 49.3 Å². The fraction of sp³-hybridized carbons (Fsp3) is 0.414. The normalized spacial score (nSPS) is 19.3. The lowest BCUT2D eigenvalue weighted by Crippen LogP contribution is -2.47. The van der Waals surface area contributed by atoms with E-state index >= 15 is 0 Å². The number of likely N-dealkylation sites (tertiary alicyclic amines) is 1. The van der Waals surface area contributed by atoms with Gasteiger partial charge in [0.2, 0.25) is 5.91 Å². The minimum atomic E-state index is 0.0530. The third-order valence-corrected chi connectivity index (χ3v) is 7.46. The number of piperidine rings is 2. The summed E-state index contributed by atoms with van der Waals surface area (Å²) < 4.78 is 0. The molecule has 1 aromatic heterocycles. The highest BCUT2D eigenvalue weighted by atomic mass is 16.2. The van der Waals surface area contributed by atoms with Crippen molar-refractivity contribution in [3.63, 3.8) is 0 Å². The van der Waals surface area contributed by atoms with Gasteiger partial charge in [0.25, 0.3) is 0 Å². The van der Waals surface area contributed by atoms with Gasteiger partial charge in [0.1, 0.15) is 0 Å². The van der Waals surface area contributed by atoms with Gasteiger partial charge >= 0.3 is 0 Å². The number of hydrogen-bond donors (Lipinski definition) is 0. The lowest BCUT2D eigenvalue weighted by atomic mass is 9.89. The molecule has 0 aliphatic carbocycles. The molecule has 2 aromatic carbocycles. The zero-order chi connectivity index (χ0) is 23.3. The number of rotatable bonds is 5. The second-order valence-electron chi connectivity index (χ2n) is 9.84. The Bertz CT molecular complexity index is 1090. The summed E-state index contributed by atoms with van der Waals surface area (Å²) in [5.74, 6) is 1.93. The first kappa shape index (κ1) is 22.6. The Kier molecular flexibility index (Phi) is 6.89. The number of hydrogen-bond acceptors (Lipinski definition) is 4. The van der Waals surface area contributed by atoms with Crippen LogP contribution in [0.1, 0.15) is 36.8 Å². The largest absolute Gasteiger partial charge is 0.354 e. The van der Waals surface area contributed by atoms with Crippen molar-refractivity contribution in [3.8, 4) is 11.3 Å². The molecule has 3 heterocycles. The molecule has 0 N–H and O–H groups in total. The maximum absolute atomic E-state index is 13.3. The molecule has 0 spiro atoms. The second-order valence-corrected chi connectivity index (χ2v) is 9.84. The minimum absolute atomic E-state index is 0.0530. The van der Waals surface area contributed by atoms with E-state index in [2.05, 4.69) is 75.5 Å². The zero-order valence-corrected chi connectivity index (χ0v) is 20.1. The zero-order valence-electron chi connectivity index (χ0n) is 20.1. The summed E-state index contributed by atoms with van der Waals surface area (Å²) in [5.41, 5.74) is 4.61. The van der Waals surface area contributed by atoms with Gasteiger partial charge in [0.15, 0.2) is 5.82 Å². The van der Waals surface area contributed by atoms with Crippen LogP contribution in [0.5, 0.6) is 0 Å². The molecule has 0 radical (unpaired) electrons. The van der Waals surface area contributed by atoms with Crippen LogP contribution >= 0.6 is 0 Å². The highest BCUT2D eigenvalue weighted by molar-refractivity contribution is 5.80. The van der Waals surface area contributed by atoms with E-state index in [9.17, 15) is 4.79 Å². The second kappa shape index (κ2) is 10.4. The molecule has 3 aromatic rings.